The van der Waals surface area contributed by atoms with Gasteiger partial charge in [0.2, 0.25) is 5.43 Å². The first-order valence-corrected chi connectivity index (χ1v) is 9.35. The number of morpholine rings is 1. The van der Waals surface area contributed by atoms with Crippen LogP contribution in [0.15, 0.2) is 17.1 Å². The van der Waals surface area contributed by atoms with E-state index in [-0.39, 0.29) is 47.2 Å². The van der Waals surface area contributed by atoms with Crippen LogP contribution in [0.2, 0.25) is 0 Å². The third-order valence-corrected chi connectivity index (χ3v) is 5.78. The van der Waals surface area contributed by atoms with Gasteiger partial charge >= 0.3 is 5.97 Å². The average molecular weight is 428 g/mol. The molecule has 7 nitrogen and oxygen atoms in total. The second-order valence-electron chi connectivity index (χ2n) is 7.61. The predicted octanol–water partition coefficient (Wildman–Crippen LogP) is 1.91. The van der Waals surface area contributed by atoms with Crippen LogP contribution in [0.1, 0.15) is 29.2 Å². The molecule has 5 rings (SSSR count). The minimum absolute atomic E-state index is 0. The van der Waals surface area contributed by atoms with Crippen LogP contribution >= 0.6 is 12.4 Å². The lowest BCUT2D eigenvalue weighted by molar-refractivity contribution is 0.0212. The Labute approximate surface area is 170 Å². The highest BCUT2D eigenvalue weighted by Gasteiger charge is 2.38. The SMILES string of the molecule is Cl.O=C(O)c1cn(C2CC2)c2c(F)c(N3C[C@@H]4NCCO[C@@H]4C3)c(F)cc2c1=O. The van der Waals surface area contributed by atoms with Crippen molar-refractivity contribution in [2.24, 2.45) is 0 Å². The van der Waals surface area contributed by atoms with Crippen LogP contribution in [0.5, 0.6) is 0 Å². The minimum atomic E-state index is -1.40. The van der Waals surface area contributed by atoms with Crippen LogP contribution in [-0.4, -0.2) is 54.0 Å². The normalized spacial score (nSPS) is 23.7. The highest BCUT2D eigenvalue weighted by molar-refractivity contribution is 5.94. The zero-order chi connectivity index (χ0) is 19.6. The number of carbonyl (C=O) groups is 1. The highest BCUT2D eigenvalue weighted by Crippen LogP contribution is 2.40. The summed E-state index contributed by atoms with van der Waals surface area (Å²) in [7, 11) is 0. The first-order chi connectivity index (χ1) is 13.5. The zero-order valence-corrected chi connectivity index (χ0v) is 16.2. The van der Waals surface area contributed by atoms with E-state index in [1.165, 1.54) is 10.8 Å². The fourth-order valence-corrected chi connectivity index (χ4v) is 4.29. The van der Waals surface area contributed by atoms with Crippen molar-refractivity contribution >= 4 is 35.0 Å². The number of hydrogen-bond donors (Lipinski definition) is 2. The van der Waals surface area contributed by atoms with Gasteiger partial charge in [0.25, 0.3) is 0 Å². The zero-order valence-electron chi connectivity index (χ0n) is 15.4. The number of rotatable bonds is 3. The van der Waals surface area contributed by atoms with E-state index in [0.29, 0.717) is 26.2 Å². The van der Waals surface area contributed by atoms with E-state index < -0.39 is 28.6 Å². The van der Waals surface area contributed by atoms with Gasteiger partial charge in [0.05, 0.1) is 29.7 Å². The summed E-state index contributed by atoms with van der Waals surface area (Å²) in [5.74, 6) is -3.10. The van der Waals surface area contributed by atoms with E-state index in [4.69, 9.17) is 4.74 Å². The van der Waals surface area contributed by atoms with Crippen LogP contribution in [0.4, 0.5) is 14.5 Å². The van der Waals surface area contributed by atoms with Crippen molar-refractivity contribution in [2.75, 3.05) is 31.1 Å². The van der Waals surface area contributed by atoms with Gasteiger partial charge in [0.1, 0.15) is 17.1 Å². The monoisotopic (exact) mass is 427 g/mol. The van der Waals surface area contributed by atoms with E-state index in [1.54, 1.807) is 4.90 Å². The van der Waals surface area contributed by atoms with E-state index in [0.717, 1.165) is 18.9 Å². The summed E-state index contributed by atoms with van der Waals surface area (Å²) in [6, 6.07) is 0.876. The number of anilines is 1. The third-order valence-electron chi connectivity index (χ3n) is 5.78. The molecule has 0 radical (unpaired) electrons. The van der Waals surface area contributed by atoms with Gasteiger partial charge in [0, 0.05) is 31.9 Å². The summed E-state index contributed by atoms with van der Waals surface area (Å²) < 4.78 is 37.7. The van der Waals surface area contributed by atoms with E-state index in [2.05, 4.69) is 5.32 Å². The van der Waals surface area contributed by atoms with Crippen molar-refractivity contribution in [3.8, 4) is 0 Å². The molecule has 0 unspecified atom stereocenters. The Kier molecular flexibility index (Phi) is 5.00. The summed E-state index contributed by atoms with van der Waals surface area (Å²) in [5.41, 5.74) is -1.57. The van der Waals surface area contributed by atoms with E-state index in [9.17, 15) is 19.1 Å². The molecular weight excluding hydrogens is 408 g/mol. The predicted molar refractivity (Wildman–Crippen MR) is 104 cm³/mol. The number of carboxylic acid groups (broad SMARTS) is 1. The van der Waals surface area contributed by atoms with Crippen LogP contribution in [0.3, 0.4) is 0 Å². The van der Waals surface area contributed by atoms with Gasteiger partial charge in [-0.3, -0.25) is 4.79 Å². The molecule has 1 aromatic heterocycles. The standard InChI is InChI=1S/C19H19F2N3O4.ClH/c20-12-5-10-16(24(9-1-2-9)6-11(18(10)25)19(26)27)15(21)17(12)23-7-13-14(8-23)28-4-3-22-13;/h5-6,9,13-14,22H,1-4,7-8H2,(H,26,27);1H/t13-,14+;/m0./s1. The molecule has 1 saturated carbocycles. The second kappa shape index (κ2) is 7.23. The van der Waals surface area contributed by atoms with Crippen molar-refractivity contribution in [2.45, 2.75) is 31.0 Å². The molecule has 2 saturated heterocycles. The first-order valence-electron chi connectivity index (χ1n) is 9.35. The number of ether oxygens (including phenoxy) is 1. The quantitative estimate of drug-likeness (QED) is 0.778. The smallest absolute Gasteiger partial charge is 0.341 e. The molecule has 0 amide bonds. The first kappa shape index (κ1) is 20.1. The number of hydrogen-bond acceptors (Lipinski definition) is 5. The molecule has 3 aliphatic rings. The molecule has 10 heteroatoms. The third kappa shape index (κ3) is 3.17. The molecule has 2 aromatic rings. The number of nitrogens with zero attached hydrogens (tertiary/aromatic N) is 2. The molecule has 29 heavy (non-hydrogen) atoms. The Morgan fingerprint density at radius 1 is 1.28 bits per heavy atom. The summed E-state index contributed by atoms with van der Waals surface area (Å²) in [6.07, 6.45) is 2.55. The lowest BCUT2D eigenvalue weighted by Crippen LogP contribution is -2.47. The molecule has 0 spiro atoms. The van der Waals surface area contributed by atoms with Gasteiger partial charge < -0.3 is 24.6 Å². The van der Waals surface area contributed by atoms with Gasteiger partial charge in [0.15, 0.2) is 5.82 Å². The number of pyridine rings is 1. The number of halogens is 3. The minimum Gasteiger partial charge on any atom is -0.477 e. The van der Waals surface area contributed by atoms with E-state index >= 15 is 4.39 Å². The number of fused-ring (bicyclic) bond motifs is 2. The molecule has 2 atom stereocenters. The van der Waals surface area contributed by atoms with Crippen molar-refractivity contribution in [3.05, 3.63) is 39.7 Å². The van der Waals surface area contributed by atoms with Gasteiger partial charge in [-0.1, -0.05) is 0 Å². The molecule has 156 valence electrons. The summed E-state index contributed by atoms with van der Waals surface area (Å²) in [6.45, 7) is 1.98. The van der Waals surface area contributed by atoms with Crippen LogP contribution < -0.4 is 15.6 Å². The van der Waals surface area contributed by atoms with Crippen molar-refractivity contribution < 1.29 is 23.4 Å². The molecule has 1 aliphatic carbocycles. The fraction of sp³-hybridized carbons (Fsp3) is 0.474. The Morgan fingerprint density at radius 2 is 2.03 bits per heavy atom. The molecule has 1 aromatic carbocycles. The summed E-state index contributed by atoms with van der Waals surface area (Å²) >= 11 is 0. The lowest BCUT2D eigenvalue weighted by atomic mass is 10.1. The van der Waals surface area contributed by atoms with Gasteiger partial charge in [-0.25, -0.2) is 13.6 Å². The topological polar surface area (TPSA) is 83.8 Å². The Morgan fingerprint density at radius 3 is 2.69 bits per heavy atom. The van der Waals surface area contributed by atoms with Crippen molar-refractivity contribution in [1.82, 2.24) is 9.88 Å². The second-order valence-corrected chi connectivity index (χ2v) is 7.61. The lowest BCUT2D eigenvalue weighted by Gasteiger charge is -2.25. The Balaban J connectivity index is 0.00000205. The van der Waals surface area contributed by atoms with Gasteiger partial charge in [-0.15, -0.1) is 12.4 Å². The molecule has 3 heterocycles. The Hall–Kier alpha value is -2.23. The van der Waals surface area contributed by atoms with Crippen molar-refractivity contribution in [3.63, 3.8) is 0 Å². The largest absolute Gasteiger partial charge is 0.477 e. The average Bonchev–Trinajstić information content (AvgIpc) is 3.41. The number of nitrogens with one attached hydrogen (secondary N) is 1. The maximum atomic E-state index is 15.6. The van der Waals surface area contributed by atoms with E-state index in [1.807, 2.05) is 0 Å². The molecule has 2 N–H and O–H groups in total. The van der Waals surface area contributed by atoms with Crippen molar-refractivity contribution in [1.29, 1.82) is 0 Å². The van der Waals surface area contributed by atoms with Crippen LogP contribution in [0, 0.1) is 11.6 Å². The molecule has 3 fully saturated rings. The van der Waals surface area contributed by atoms with Crippen LogP contribution in [0.25, 0.3) is 10.9 Å². The molecule has 0 bridgehead atoms. The molecular formula is C19H20ClF2N3O4. The fourth-order valence-electron chi connectivity index (χ4n) is 4.29. The molecule has 2 aliphatic heterocycles. The van der Waals surface area contributed by atoms with Crippen LogP contribution in [-0.2, 0) is 4.74 Å². The number of aromatic nitrogens is 1. The van der Waals surface area contributed by atoms with Gasteiger partial charge in [-0.2, -0.15) is 0 Å². The van der Waals surface area contributed by atoms with Gasteiger partial charge in [-0.05, 0) is 18.9 Å². The highest BCUT2D eigenvalue weighted by atomic mass is 35.5. The maximum Gasteiger partial charge on any atom is 0.341 e. The maximum absolute atomic E-state index is 15.6. The number of benzene rings is 1. The number of aromatic carboxylic acids is 1. The Bertz CT molecular complexity index is 1040. The summed E-state index contributed by atoms with van der Waals surface area (Å²) in [5, 5.41) is 12.4. The number of carboxylic acids is 1. The summed E-state index contributed by atoms with van der Waals surface area (Å²) in [4.78, 5) is 25.6.